The summed E-state index contributed by atoms with van der Waals surface area (Å²) in [6, 6.07) is 6.98. The van der Waals surface area contributed by atoms with Crippen LogP contribution in [0.4, 0.5) is 0 Å². The molecular weight excluding hydrogens is 254 g/mol. The van der Waals surface area contributed by atoms with Crippen molar-refractivity contribution in [1.82, 2.24) is 0 Å². The van der Waals surface area contributed by atoms with E-state index in [0.29, 0.717) is 42.8 Å². The van der Waals surface area contributed by atoms with Gasteiger partial charge in [-0.3, -0.25) is 0 Å². The Bertz CT molecular complexity index is 404. The Morgan fingerprint density at radius 1 is 1.22 bits per heavy atom. The summed E-state index contributed by atoms with van der Waals surface area (Å²) in [4.78, 5) is 0. The molecule has 0 fully saturated rings. The Kier molecular flexibility index (Phi) is 7.19. The molecule has 0 unspecified atom stereocenters. The fourth-order valence-electron chi connectivity index (χ4n) is 1.30. The first-order valence-electron chi connectivity index (χ1n) is 5.67. The molecule has 0 bridgehead atoms. The van der Waals surface area contributed by atoms with Gasteiger partial charge in [-0.15, -0.1) is 0 Å². The number of halogens is 1. The van der Waals surface area contributed by atoms with Crippen LogP contribution in [0.1, 0.15) is 12.0 Å². The maximum absolute atomic E-state index is 8.72. The van der Waals surface area contributed by atoms with Crippen molar-refractivity contribution >= 4 is 11.6 Å². The molecular formula is C13H16ClNO3. The van der Waals surface area contributed by atoms with Crippen molar-refractivity contribution in [3.8, 4) is 11.8 Å². The second-order valence-corrected chi connectivity index (χ2v) is 3.97. The first kappa shape index (κ1) is 14.8. The number of rotatable bonds is 8. The Morgan fingerprint density at radius 3 is 2.72 bits per heavy atom. The molecule has 0 saturated carbocycles. The fourth-order valence-corrected chi connectivity index (χ4v) is 1.51. The first-order valence-corrected chi connectivity index (χ1v) is 6.05. The average molecular weight is 270 g/mol. The smallest absolute Gasteiger partial charge is 0.120 e. The molecule has 4 nitrogen and oxygen atoms in total. The van der Waals surface area contributed by atoms with E-state index in [0.717, 1.165) is 6.42 Å². The van der Waals surface area contributed by atoms with E-state index in [9.17, 15) is 0 Å². The van der Waals surface area contributed by atoms with Crippen molar-refractivity contribution in [3.63, 3.8) is 0 Å². The lowest BCUT2D eigenvalue weighted by Crippen LogP contribution is -2.08. The van der Waals surface area contributed by atoms with Gasteiger partial charge in [0.05, 0.1) is 17.2 Å². The van der Waals surface area contributed by atoms with Crippen LogP contribution < -0.4 is 4.74 Å². The predicted molar refractivity (Wildman–Crippen MR) is 69.0 cm³/mol. The van der Waals surface area contributed by atoms with Gasteiger partial charge in [0.25, 0.3) is 0 Å². The Hall–Kier alpha value is -1.28. The highest BCUT2D eigenvalue weighted by Gasteiger charge is 2.01. The number of hydrogen-bond acceptors (Lipinski definition) is 4. The van der Waals surface area contributed by atoms with Crippen LogP contribution in [0, 0.1) is 11.3 Å². The van der Waals surface area contributed by atoms with E-state index in [1.807, 2.05) is 6.07 Å². The number of ether oxygens (including phenoxy) is 3. The Labute approximate surface area is 112 Å². The molecule has 1 aromatic rings. The van der Waals surface area contributed by atoms with E-state index in [4.69, 9.17) is 31.1 Å². The van der Waals surface area contributed by atoms with Gasteiger partial charge in [0, 0.05) is 26.4 Å². The van der Waals surface area contributed by atoms with Gasteiger partial charge in [-0.2, -0.15) is 5.26 Å². The van der Waals surface area contributed by atoms with Gasteiger partial charge >= 0.3 is 0 Å². The van der Waals surface area contributed by atoms with Crippen molar-refractivity contribution in [2.24, 2.45) is 0 Å². The minimum Gasteiger partial charge on any atom is -0.491 e. The lowest BCUT2D eigenvalue weighted by atomic mass is 10.2. The van der Waals surface area contributed by atoms with Crippen LogP contribution in [0.15, 0.2) is 18.2 Å². The van der Waals surface area contributed by atoms with Gasteiger partial charge < -0.3 is 14.2 Å². The third kappa shape index (κ3) is 5.37. The summed E-state index contributed by atoms with van der Waals surface area (Å²) in [5.74, 6) is 0.638. The highest BCUT2D eigenvalue weighted by atomic mass is 35.5. The van der Waals surface area contributed by atoms with Gasteiger partial charge in [0.1, 0.15) is 18.4 Å². The SMILES string of the molecule is COCCCOCCOc1ccc(C#N)c(Cl)c1. The number of benzene rings is 1. The lowest BCUT2D eigenvalue weighted by Gasteiger charge is -2.07. The monoisotopic (exact) mass is 269 g/mol. The minimum atomic E-state index is 0.399. The lowest BCUT2D eigenvalue weighted by molar-refractivity contribution is 0.0806. The van der Waals surface area contributed by atoms with E-state index in [1.54, 1.807) is 25.3 Å². The summed E-state index contributed by atoms with van der Waals surface area (Å²) in [5, 5.41) is 9.12. The summed E-state index contributed by atoms with van der Waals surface area (Å²) in [7, 11) is 1.66. The van der Waals surface area contributed by atoms with Crippen molar-refractivity contribution in [1.29, 1.82) is 5.26 Å². The van der Waals surface area contributed by atoms with Crippen molar-refractivity contribution in [3.05, 3.63) is 28.8 Å². The van der Waals surface area contributed by atoms with Crippen molar-refractivity contribution in [2.45, 2.75) is 6.42 Å². The standard InChI is InChI=1S/C13H16ClNO3/c1-16-5-2-6-17-7-8-18-12-4-3-11(10-15)13(14)9-12/h3-4,9H,2,5-8H2,1H3. The third-order valence-corrected chi connectivity index (χ3v) is 2.51. The molecule has 0 spiro atoms. The normalized spacial score (nSPS) is 10.1. The fraction of sp³-hybridized carbons (Fsp3) is 0.462. The second-order valence-electron chi connectivity index (χ2n) is 3.56. The molecule has 0 aromatic heterocycles. The third-order valence-electron chi connectivity index (χ3n) is 2.19. The molecule has 1 rings (SSSR count). The minimum absolute atomic E-state index is 0.399. The highest BCUT2D eigenvalue weighted by molar-refractivity contribution is 6.31. The summed E-state index contributed by atoms with van der Waals surface area (Å²) in [6.45, 7) is 2.33. The Balaban J connectivity index is 2.20. The number of hydrogen-bond donors (Lipinski definition) is 0. The molecule has 5 heteroatoms. The number of nitrogens with zero attached hydrogens (tertiary/aromatic N) is 1. The van der Waals surface area contributed by atoms with E-state index in [2.05, 4.69) is 0 Å². The van der Waals surface area contributed by atoms with Gasteiger partial charge in [-0.1, -0.05) is 11.6 Å². The molecule has 0 heterocycles. The van der Waals surface area contributed by atoms with Gasteiger partial charge in [-0.25, -0.2) is 0 Å². The molecule has 0 aliphatic heterocycles. The molecule has 1 aromatic carbocycles. The van der Waals surface area contributed by atoms with E-state index >= 15 is 0 Å². The first-order chi connectivity index (χ1) is 8.77. The molecule has 18 heavy (non-hydrogen) atoms. The molecule has 98 valence electrons. The topological polar surface area (TPSA) is 51.5 Å². The van der Waals surface area contributed by atoms with Crippen molar-refractivity contribution in [2.75, 3.05) is 33.5 Å². The zero-order chi connectivity index (χ0) is 13.2. The Morgan fingerprint density at radius 2 is 2.06 bits per heavy atom. The predicted octanol–water partition coefficient (Wildman–Crippen LogP) is 2.64. The van der Waals surface area contributed by atoms with Crippen LogP contribution in [-0.4, -0.2) is 33.5 Å². The molecule has 0 atom stereocenters. The van der Waals surface area contributed by atoms with Gasteiger partial charge in [-0.05, 0) is 18.6 Å². The van der Waals surface area contributed by atoms with Gasteiger partial charge in [0.2, 0.25) is 0 Å². The largest absolute Gasteiger partial charge is 0.491 e. The summed E-state index contributed by atoms with van der Waals surface area (Å²) in [6.07, 6.45) is 0.874. The second kappa shape index (κ2) is 8.76. The van der Waals surface area contributed by atoms with Crippen LogP contribution in [0.5, 0.6) is 5.75 Å². The summed E-state index contributed by atoms with van der Waals surface area (Å²) >= 11 is 5.88. The number of nitriles is 1. The molecule has 0 radical (unpaired) electrons. The number of methoxy groups -OCH3 is 1. The molecule has 0 saturated heterocycles. The maximum Gasteiger partial charge on any atom is 0.120 e. The molecule has 0 amide bonds. The molecule has 0 N–H and O–H groups in total. The van der Waals surface area contributed by atoms with E-state index in [1.165, 1.54) is 0 Å². The molecule has 0 aliphatic rings. The molecule has 0 aliphatic carbocycles. The van der Waals surface area contributed by atoms with Gasteiger partial charge in [0.15, 0.2) is 0 Å². The quantitative estimate of drug-likeness (QED) is 0.681. The summed E-state index contributed by atoms with van der Waals surface area (Å²) in [5.41, 5.74) is 0.444. The highest BCUT2D eigenvalue weighted by Crippen LogP contribution is 2.21. The van der Waals surface area contributed by atoms with Crippen LogP contribution in [0.25, 0.3) is 0 Å². The van der Waals surface area contributed by atoms with E-state index < -0.39 is 0 Å². The van der Waals surface area contributed by atoms with Crippen LogP contribution >= 0.6 is 11.6 Å². The maximum atomic E-state index is 8.72. The van der Waals surface area contributed by atoms with E-state index in [-0.39, 0.29) is 0 Å². The van der Waals surface area contributed by atoms with Crippen LogP contribution in [0.3, 0.4) is 0 Å². The van der Waals surface area contributed by atoms with Crippen LogP contribution in [-0.2, 0) is 9.47 Å². The average Bonchev–Trinajstić information content (AvgIpc) is 2.38. The zero-order valence-electron chi connectivity index (χ0n) is 10.3. The summed E-state index contributed by atoms with van der Waals surface area (Å²) < 4.78 is 15.7. The van der Waals surface area contributed by atoms with Crippen LogP contribution in [0.2, 0.25) is 5.02 Å². The zero-order valence-corrected chi connectivity index (χ0v) is 11.1. The van der Waals surface area contributed by atoms with Crippen molar-refractivity contribution < 1.29 is 14.2 Å².